The van der Waals surface area contributed by atoms with Crippen molar-refractivity contribution in [3.05, 3.63) is 11.5 Å². The number of allylic oxidation sites excluding steroid dienone is 1. The van der Waals surface area contributed by atoms with Crippen molar-refractivity contribution in [1.29, 1.82) is 0 Å². The molecule has 0 radical (unpaired) electrons. The van der Waals surface area contributed by atoms with Crippen molar-refractivity contribution in [2.45, 2.75) is 25.0 Å². The van der Waals surface area contributed by atoms with E-state index >= 15 is 0 Å². The van der Waals surface area contributed by atoms with Crippen LogP contribution in [0.5, 0.6) is 0 Å². The number of ketones is 1. The highest BCUT2D eigenvalue weighted by molar-refractivity contribution is 8.04. The molecule has 0 N–H and O–H groups in total. The molecule has 0 spiro atoms. The molecule has 0 aromatic rings. The molecule has 9 heavy (non-hydrogen) atoms. The summed E-state index contributed by atoms with van der Waals surface area (Å²) in [4.78, 5) is 10.9. The number of rotatable bonds is 1. The van der Waals surface area contributed by atoms with Crippen LogP contribution in [0, 0.1) is 0 Å². The second-order valence-corrected chi connectivity index (χ2v) is 3.89. The standard InChI is InChI=1S/C7H10OS/c1-6(8)7(2)4-3-5-9-7/h3,5H,4H2,1-2H3. The number of hydrogen-bond donors (Lipinski definition) is 0. The van der Waals surface area contributed by atoms with E-state index in [-0.39, 0.29) is 10.5 Å². The van der Waals surface area contributed by atoms with Crippen LogP contribution in [0.15, 0.2) is 11.5 Å². The molecule has 1 aliphatic rings. The highest BCUT2D eigenvalue weighted by Gasteiger charge is 2.30. The van der Waals surface area contributed by atoms with Gasteiger partial charge in [-0.15, -0.1) is 11.8 Å². The molecule has 1 aliphatic heterocycles. The number of hydrogen-bond acceptors (Lipinski definition) is 2. The first-order valence-corrected chi connectivity index (χ1v) is 3.87. The fraction of sp³-hybridized carbons (Fsp3) is 0.571. The summed E-state index contributed by atoms with van der Waals surface area (Å²) >= 11 is 1.62. The Hall–Kier alpha value is -0.240. The molecule has 0 aromatic carbocycles. The van der Waals surface area contributed by atoms with Crippen LogP contribution < -0.4 is 0 Å². The smallest absolute Gasteiger partial charge is 0.146 e. The number of Topliss-reactive ketones (excluding diaryl/α,β-unsaturated/α-hetero) is 1. The van der Waals surface area contributed by atoms with Crippen molar-refractivity contribution >= 4 is 17.5 Å². The zero-order chi connectivity index (χ0) is 6.91. The zero-order valence-corrected chi connectivity index (χ0v) is 6.49. The summed E-state index contributed by atoms with van der Waals surface area (Å²) < 4.78 is -0.139. The van der Waals surface area contributed by atoms with E-state index in [1.165, 1.54) is 0 Å². The average Bonchev–Trinajstić information content (AvgIpc) is 2.16. The second-order valence-electron chi connectivity index (χ2n) is 2.48. The van der Waals surface area contributed by atoms with E-state index in [9.17, 15) is 4.79 Å². The summed E-state index contributed by atoms with van der Waals surface area (Å²) in [6, 6.07) is 0. The van der Waals surface area contributed by atoms with Crippen LogP contribution in [0.1, 0.15) is 20.3 Å². The minimum atomic E-state index is -0.139. The minimum Gasteiger partial charge on any atom is -0.298 e. The Labute approximate surface area is 59.5 Å². The van der Waals surface area contributed by atoms with Crippen molar-refractivity contribution in [3.8, 4) is 0 Å². The van der Waals surface area contributed by atoms with Crippen molar-refractivity contribution in [1.82, 2.24) is 0 Å². The van der Waals surface area contributed by atoms with E-state index in [1.807, 2.05) is 18.4 Å². The van der Waals surface area contributed by atoms with Crippen LogP contribution in [0.2, 0.25) is 0 Å². The Kier molecular flexibility index (Phi) is 1.66. The third kappa shape index (κ3) is 1.18. The van der Waals surface area contributed by atoms with Crippen molar-refractivity contribution < 1.29 is 4.79 Å². The summed E-state index contributed by atoms with van der Waals surface area (Å²) in [5.74, 6) is 0.275. The molecule has 2 heteroatoms. The molecule has 0 saturated heterocycles. The molecule has 0 amide bonds. The van der Waals surface area contributed by atoms with Gasteiger partial charge in [-0.2, -0.15) is 0 Å². The van der Waals surface area contributed by atoms with Crippen LogP contribution in [0.25, 0.3) is 0 Å². The first-order chi connectivity index (χ1) is 4.15. The van der Waals surface area contributed by atoms with Gasteiger partial charge in [-0.1, -0.05) is 6.08 Å². The van der Waals surface area contributed by atoms with Crippen LogP contribution in [0.3, 0.4) is 0 Å². The third-order valence-corrected chi connectivity index (χ3v) is 2.98. The lowest BCUT2D eigenvalue weighted by molar-refractivity contribution is -0.118. The fourth-order valence-electron chi connectivity index (χ4n) is 0.746. The Morgan fingerprint density at radius 2 is 2.44 bits per heavy atom. The van der Waals surface area contributed by atoms with Gasteiger partial charge in [-0.25, -0.2) is 0 Å². The lowest BCUT2D eigenvalue weighted by Gasteiger charge is -2.17. The maximum atomic E-state index is 10.9. The minimum absolute atomic E-state index is 0.139. The topological polar surface area (TPSA) is 17.1 Å². The molecule has 1 atom stereocenters. The summed E-state index contributed by atoms with van der Waals surface area (Å²) in [7, 11) is 0. The van der Waals surface area contributed by atoms with Gasteiger partial charge in [0.1, 0.15) is 5.78 Å². The molecule has 1 rings (SSSR count). The Morgan fingerprint density at radius 3 is 2.67 bits per heavy atom. The predicted octanol–water partition coefficient (Wildman–Crippen LogP) is 1.98. The van der Waals surface area contributed by atoms with Crippen LogP contribution in [-0.4, -0.2) is 10.5 Å². The number of thioether (sulfide) groups is 1. The summed E-state index contributed by atoms with van der Waals surface area (Å²) in [6.45, 7) is 3.64. The molecule has 50 valence electrons. The van der Waals surface area contributed by atoms with E-state index in [4.69, 9.17) is 0 Å². The molecule has 1 nitrogen and oxygen atoms in total. The van der Waals surface area contributed by atoms with Gasteiger partial charge in [0.05, 0.1) is 4.75 Å². The van der Waals surface area contributed by atoms with E-state index in [0.717, 1.165) is 6.42 Å². The monoisotopic (exact) mass is 142 g/mol. The third-order valence-electron chi connectivity index (χ3n) is 1.68. The maximum Gasteiger partial charge on any atom is 0.146 e. The lowest BCUT2D eigenvalue weighted by atomic mass is 10.0. The van der Waals surface area contributed by atoms with E-state index < -0.39 is 0 Å². The van der Waals surface area contributed by atoms with Gasteiger partial charge in [0, 0.05) is 0 Å². The largest absolute Gasteiger partial charge is 0.298 e. The van der Waals surface area contributed by atoms with Crippen molar-refractivity contribution in [2.24, 2.45) is 0 Å². The Balaban J connectivity index is 2.66. The highest BCUT2D eigenvalue weighted by atomic mass is 32.2. The van der Waals surface area contributed by atoms with Crippen LogP contribution in [0.4, 0.5) is 0 Å². The normalized spacial score (nSPS) is 33.1. The average molecular weight is 142 g/mol. The van der Waals surface area contributed by atoms with Gasteiger partial charge in [0.25, 0.3) is 0 Å². The molecule has 1 unspecified atom stereocenters. The SMILES string of the molecule is CC(=O)C1(C)CC=CS1. The molecular formula is C7H10OS. The van der Waals surface area contributed by atoms with Gasteiger partial charge >= 0.3 is 0 Å². The summed E-state index contributed by atoms with van der Waals surface area (Å²) in [5, 5.41) is 2.00. The van der Waals surface area contributed by atoms with E-state index in [0.29, 0.717) is 0 Å². The van der Waals surface area contributed by atoms with Gasteiger partial charge in [0.2, 0.25) is 0 Å². The van der Waals surface area contributed by atoms with Gasteiger partial charge in [-0.05, 0) is 25.7 Å². The number of carbonyl (C=O) groups excluding carboxylic acids is 1. The van der Waals surface area contributed by atoms with E-state index in [1.54, 1.807) is 18.7 Å². The molecule has 1 heterocycles. The Bertz CT molecular complexity index is 152. The lowest BCUT2D eigenvalue weighted by Crippen LogP contribution is -2.25. The number of carbonyl (C=O) groups is 1. The molecule has 0 aromatic heterocycles. The van der Waals surface area contributed by atoms with Crippen molar-refractivity contribution in [3.63, 3.8) is 0 Å². The van der Waals surface area contributed by atoms with Crippen LogP contribution >= 0.6 is 11.8 Å². The Morgan fingerprint density at radius 1 is 1.78 bits per heavy atom. The molecule has 0 fully saturated rings. The molecule has 0 saturated carbocycles. The predicted molar refractivity (Wildman–Crippen MR) is 40.4 cm³/mol. The molecule has 0 bridgehead atoms. The zero-order valence-electron chi connectivity index (χ0n) is 5.68. The first-order valence-electron chi connectivity index (χ1n) is 2.99. The second kappa shape index (κ2) is 2.18. The molecular weight excluding hydrogens is 132 g/mol. The van der Waals surface area contributed by atoms with Crippen LogP contribution in [-0.2, 0) is 4.79 Å². The van der Waals surface area contributed by atoms with Gasteiger partial charge < -0.3 is 0 Å². The maximum absolute atomic E-state index is 10.9. The van der Waals surface area contributed by atoms with Crippen molar-refractivity contribution in [2.75, 3.05) is 0 Å². The van der Waals surface area contributed by atoms with Gasteiger partial charge in [-0.3, -0.25) is 4.79 Å². The molecule has 0 aliphatic carbocycles. The highest BCUT2D eigenvalue weighted by Crippen LogP contribution is 2.36. The van der Waals surface area contributed by atoms with Gasteiger partial charge in [0.15, 0.2) is 0 Å². The quantitative estimate of drug-likeness (QED) is 0.557. The summed E-state index contributed by atoms with van der Waals surface area (Å²) in [5.41, 5.74) is 0. The fourth-order valence-corrected chi connectivity index (χ4v) is 1.60. The van der Waals surface area contributed by atoms with E-state index in [2.05, 4.69) is 0 Å². The summed E-state index contributed by atoms with van der Waals surface area (Å²) in [6.07, 6.45) is 2.94. The first kappa shape index (κ1) is 6.87.